The van der Waals surface area contributed by atoms with Gasteiger partial charge in [-0.3, -0.25) is 9.59 Å². The molecule has 2 aromatic rings. The van der Waals surface area contributed by atoms with E-state index in [2.05, 4.69) is 10.6 Å². The van der Waals surface area contributed by atoms with Gasteiger partial charge in [0.15, 0.2) is 0 Å². The predicted molar refractivity (Wildman–Crippen MR) is 130 cm³/mol. The van der Waals surface area contributed by atoms with Gasteiger partial charge in [-0.1, -0.05) is 70.2 Å². The van der Waals surface area contributed by atoms with Crippen LogP contribution < -0.4 is 10.6 Å². The Kier molecular flexibility index (Phi) is 9.61. The number of rotatable bonds is 11. The second-order valence-corrected chi connectivity index (χ2v) is 10.3. The highest BCUT2D eigenvalue weighted by atomic mass is 32.2. The van der Waals surface area contributed by atoms with Gasteiger partial charge in [-0.05, 0) is 36.1 Å². The van der Waals surface area contributed by atoms with E-state index in [1.165, 1.54) is 4.31 Å². The monoisotopic (exact) mass is 473 g/mol. The highest BCUT2D eigenvalue weighted by Crippen LogP contribution is 2.21. The van der Waals surface area contributed by atoms with E-state index in [9.17, 15) is 18.0 Å². The van der Waals surface area contributed by atoms with Gasteiger partial charge in [-0.2, -0.15) is 4.31 Å². The number of amides is 2. The van der Waals surface area contributed by atoms with Crippen molar-refractivity contribution < 1.29 is 18.0 Å². The van der Waals surface area contributed by atoms with Crippen molar-refractivity contribution >= 4 is 21.8 Å². The smallest absolute Gasteiger partial charge is 0.247 e. The van der Waals surface area contributed by atoms with E-state index >= 15 is 0 Å². The fourth-order valence-corrected chi connectivity index (χ4v) is 5.02. The average Bonchev–Trinajstić information content (AvgIpc) is 2.78. The molecule has 180 valence electrons. The van der Waals surface area contributed by atoms with Crippen molar-refractivity contribution in [2.24, 2.45) is 5.92 Å². The zero-order valence-corrected chi connectivity index (χ0v) is 20.9. The van der Waals surface area contributed by atoms with Gasteiger partial charge in [0.2, 0.25) is 21.8 Å². The Morgan fingerprint density at radius 1 is 0.848 bits per heavy atom. The molecule has 2 atom stereocenters. The van der Waals surface area contributed by atoms with Crippen LogP contribution in [-0.4, -0.2) is 37.6 Å². The molecule has 0 aromatic heterocycles. The number of nitrogens with zero attached hydrogens (tertiary/aromatic N) is 1. The van der Waals surface area contributed by atoms with E-state index < -0.39 is 16.1 Å². The fourth-order valence-electron chi connectivity index (χ4n) is 3.56. The molecule has 2 rings (SSSR count). The van der Waals surface area contributed by atoms with Crippen LogP contribution in [0.15, 0.2) is 59.5 Å². The Bertz CT molecular complexity index is 1020. The van der Waals surface area contributed by atoms with Gasteiger partial charge >= 0.3 is 0 Å². The lowest BCUT2D eigenvalue weighted by Crippen LogP contribution is -2.41. The molecular weight excluding hydrogens is 438 g/mol. The summed E-state index contributed by atoms with van der Waals surface area (Å²) in [6.07, 6.45) is 0.328. The first-order chi connectivity index (χ1) is 15.6. The van der Waals surface area contributed by atoms with Crippen LogP contribution in [0.5, 0.6) is 0 Å². The van der Waals surface area contributed by atoms with E-state index in [0.29, 0.717) is 25.1 Å². The van der Waals surface area contributed by atoms with Crippen LogP contribution in [0, 0.1) is 5.92 Å². The van der Waals surface area contributed by atoms with E-state index in [1.807, 2.05) is 39.0 Å². The molecule has 0 saturated carbocycles. The normalized spacial score (nSPS) is 13.5. The van der Waals surface area contributed by atoms with Gasteiger partial charge in [0.25, 0.3) is 0 Å². The Morgan fingerprint density at radius 2 is 1.42 bits per heavy atom. The molecule has 0 aliphatic carbocycles. The maximum Gasteiger partial charge on any atom is 0.247 e. The molecule has 0 spiro atoms. The topological polar surface area (TPSA) is 95.6 Å². The number of nitrogens with one attached hydrogen (secondary N) is 2. The van der Waals surface area contributed by atoms with Crippen LogP contribution in [0.1, 0.15) is 64.3 Å². The van der Waals surface area contributed by atoms with Crippen molar-refractivity contribution in [2.75, 3.05) is 13.1 Å². The number of hydrogen-bond donors (Lipinski definition) is 2. The molecule has 8 heteroatoms. The molecular formula is C25H35N3O4S. The average molecular weight is 474 g/mol. The van der Waals surface area contributed by atoms with Crippen LogP contribution in [0.4, 0.5) is 0 Å². The lowest BCUT2D eigenvalue weighted by molar-refractivity contribution is -0.130. The van der Waals surface area contributed by atoms with Gasteiger partial charge in [0, 0.05) is 19.5 Å². The minimum atomic E-state index is -3.54. The summed E-state index contributed by atoms with van der Waals surface area (Å²) in [4.78, 5) is 25.7. The SMILES string of the molecule is CCN(CC)S(=O)(=O)c1ccc(C(C)NC(=O)C(NC(=O)CC(C)C)c2ccccc2)cc1. The number of sulfonamides is 1. The van der Waals surface area contributed by atoms with Crippen molar-refractivity contribution in [3.8, 4) is 0 Å². The first-order valence-electron chi connectivity index (χ1n) is 11.3. The second-order valence-electron chi connectivity index (χ2n) is 8.40. The second kappa shape index (κ2) is 12.0. The summed E-state index contributed by atoms with van der Waals surface area (Å²) in [5, 5.41) is 5.78. The number of carbonyl (C=O) groups excluding carboxylic acids is 2. The maximum absolute atomic E-state index is 13.1. The van der Waals surface area contributed by atoms with Gasteiger partial charge in [0.05, 0.1) is 10.9 Å². The molecule has 0 saturated heterocycles. The number of carbonyl (C=O) groups is 2. The molecule has 0 heterocycles. The standard InChI is InChI=1S/C25H35N3O4S/c1-6-28(7-2)33(31,32)22-15-13-20(14-16-22)19(5)26-25(30)24(21-11-9-8-10-12-21)27-23(29)17-18(3)4/h8-16,18-19,24H,6-7,17H2,1-5H3,(H,26,30)(H,27,29). The molecule has 0 bridgehead atoms. The Hall–Kier alpha value is -2.71. The number of benzene rings is 2. The van der Waals surface area contributed by atoms with Crippen LogP contribution >= 0.6 is 0 Å². The van der Waals surface area contributed by atoms with Crippen LogP contribution in [-0.2, 0) is 19.6 Å². The van der Waals surface area contributed by atoms with Crippen LogP contribution in [0.3, 0.4) is 0 Å². The first kappa shape index (κ1) is 26.5. The van der Waals surface area contributed by atoms with Crippen molar-refractivity contribution in [2.45, 2.75) is 58.0 Å². The molecule has 33 heavy (non-hydrogen) atoms. The minimum absolute atomic E-state index is 0.176. The molecule has 0 radical (unpaired) electrons. The zero-order valence-electron chi connectivity index (χ0n) is 20.0. The van der Waals surface area contributed by atoms with Crippen molar-refractivity contribution in [1.29, 1.82) is 0 Å². The third-order valence-electron chi connectivity index (χ3n) is 5.38. The van der Waals surface area contributed by atoms with Crippen LogP contribution in [0.2, 0.25) is 0 Å². The van der Waals surface area contributed by atoms with E-state index in [0.717, 1.165) is 5.56 Å². The summed E-state index contributed by atoms with van der Waals surface area (Å²) in [6, 6.07) is 14.4. The lowest BCUT2D eigenvalue weighted by atomic mass is 10.0. The van der Waals surface area contributed by atoms with Crippen molar-refractivity contribution in [3.63, 3.8) is 0 Å². The molecule has 2 aromatic carbocycles. The first-order valence-corrected chi connectivity index (χ1v) is 12.8. The molecule has 0 aliphatic rings. The quantitative estimate of drug-likeness (QED) is 0.519. The van der Waals surface area contributed by atoms with Gasteiger partial charge in [-0.15, -0.1) is 0 Å². The fraction of sp³-hybridized carbons (Fsp3) is 0.440. The molecule has 7 nitrogen and oxygen atoms in total. The maximum atomic E-state index is 13.1. The largest absolute Gasteiger partial charge is 0.347 e. The summed E-state index contributed by atoms with van der Waals surface area (Å²) in [5.41, 5.74) is 1.46. The van der Waals surface area contributed by atoms with Crippen LogP contribution in [0.25, 0.3) is 0 Å². The third kappa shape index (κ3) is 7.14. The summed E-state index contributed by atoms with van der Waals surface area (Å²) < 4.78 is 26.8. The highest BCUT2D eigenvalue weighted by molar-refractivity contribution is 7.89. The highest BCUT2D eigenvalue weighted by Gasteiger charge is 2.25. The summed E-state index contributed by atoms with van der Waals surface area (Å²) >= 11 is 0. The van der Waals surface area contributed by atoms with E-state index in [-0.39, 0.29) is 28.7 Å². The Labute approximate surface area is 197 Å². The summed E-state index contributed by atoms with van der Waals surface area (Å²) in [7, 11) is -3.54. The number of hydrogen-bond acceptors (Lipinski definition) is 4. The molecule has 2 unspecified atom stereocenters. The molecule has 0 aliphatic heterocycles. The summed E-state index contributed by atoms with van der Waals surface area (Å²) in [5.74, 6) is -0.340. The van der Waals surface area contributed by atoms with Crippen molar-refractivity contribution in [3.05, 3.63) is 65.7 Å². The van der Waals surface area contributed by atoms with Crippen molar-refractivity contribution in [1.82, 2.24) is 14.9 Å². The Morgan fingerprint density at radius 3 is 1.94 bits per heavy atom. The summed E-state index contributed by atoms with van der Waals surface area (Å²) in [6.45, 7) is 10.1. The molecule has 2 N–H and O–H groups in total. The Balaban J connectivity index is 2.18. The van der Waals surface area contributed by atoms with E-state index in [1.54, 1.807) is 50.2 Å². The van der Waals surface area contributed by atoms with Gasteiger partial charge in [-0.25, -0.2) is 8.42 Å². The zero-order chi connectivity index (χ0) is 24.6. The molecule has 2 amide bonds. The molecule has 0 fully saturated rings. The van der Waals surface area contributed by atoms with E-state index in [4.69, 9.17) is 0 Å². The third-order valence-corrected chi connectivity index (χ3v) is 7.44. The van der Waals surface area contributed by atoms with Gasteiger partial charge in [0.1, 0.15) is 6.04 Å². The predicted octanol–water partition coefficient (Wildman–Crippen LogP) is 3.80. The lowest BCUT2D eigenvalue weighted by Gasteiger charge is -2.23. The van der Waals surface area contributed by atoms with Gasteiger partial charge < -0.3 is 10.6 Å². The minimum Gasteiger partial charge on any atom is -0.347 e.